The molecule has 0 saturated carbocycles. The Morgan fingerprint density at radius 3 is 1.94 bits per heavy atom. The molecule has 8 N–H and O–H groups in total. The molecule has 2 aliphatic heterocycles. The molecule has 2 amide bonds. The van der Waals surface area contributed by atoms with E-state index in [1.807, 2.05) is 30.5 Å². The van der Waals surface area contributed by atoms with Crippen molar-refractivity contribution < 1.29 is 83.4 Å². The molecule has 19 nitrogen and oxygen atoms in total. The van der Waals surface area contributed by atoms with Gasteiger partial charge in [0, 0.05) is 37.1 Å². The molecule has 6 rings (SSSR count). The van der Waals surface area contributed by atoms with Crippen LogP contribution in [0.25, 0.3) is 0 Å². The first kappa shape index (κ1) is 49.4. The number of aromatic nitrogens is 5. The number of nitrogens with zero attached hydrogens (tertiary/aromatic N) is 6. The number of fused-ring (bicyclic) bond motifs is 6. The van der Waals surface area contributed by atoms with Gasteiger partial charge >= 0.3 is 36.4 Å². The highest BCUT2D eigenvalue weighted by atomic mass is 35.5. The molecule has 336 valence electrons. The zero-order chi connectivity index (χ0) is 46.6. The minimum absolute atomic E-state index is 0.0215. The number of likely N-dealkylation sites (tertiary alicyclic amines) is 1. The summed E-state index contributed by atoms with van der Waals surface area (Å²) in [6, 6.07) is 7.75. The highest BCUT2D eigenvalue weighted by Gasteiger charge is 2.39. The summed E-state index contributed by atoms with van der Waals surface area (Å²) >= 11 is 6.36. The van der Waals surface area contributed by atoms with E-state index in [4.69, 9.17) is 47.0 Å². The van der Waals surface area contributed by atoms with Gasteiger partial charge in [0.1, 0.15) is 5.02 Å². The summed E-state index contributed by atoms with van der Waals surface area (Å²) in [5, 5.41) is 38.4. The zero-order valence-electron chi connectivity index (χ0n) is 30.9. The number of benzene rings is 1. The van der Waals surface area contributed by atoms with E-state index in [1.54, 1.807) is 11.1 Å². The number of carboxylic acid groups (broad SMARTS) is 3. The SMILES string of the molecule is Nc1nonc1C(=O)N1CCC(CC(=O)Nc2ccc3cc2CCc2cncc(c2)Nc2ncc(Cl)c(n2)N3)CC1.O=C(O)C(F)(F)F.O=C(O)C(F)(F)F.O=C(O)C(F)(F)F. The Hall–Kier alpha value is -7.00. The van der Waals surface area contributed by atoms with Crippen LogP contribution < -0.4 is 21.7 Å². The quantitative estimate of drug-likeness (QED) is 0.118. The first-order chi connectivity index (χ1) is 28.7. The molecule has 0 radical (unpaired) electrons. The molecule has 0 aliphatic carbocycles. The Labute approximate surface area is 345 Å². The van der Waals surface area contributed by atoms with Crippen LogP contribution in [0.15, 0.2) is 47.5 Å². The van der Waals surface area contributed by atoms with Crippen LogP contribution in [0.2, 0.25) is 5.02 Å². The number of carbonyl (C=O) groups is 5. The number of hydrogen-bond acceptors (Lipinski definition) is 14. The van der Waals surface area contributed by atoms with E-state index in [-0.39, 0.29) is 29.2 Å². The van der Waals surface area contributed by atoms with E-state index in [9.17, 15) is 49.1 Å². The first-order valence-corrected chi connectivity index (χ1v) is 17.3. The van der Waals surface area contributed by atoms with Crippen molar-refractivity contribution in [2.75, 3.05) is 34.8 Å². The lowest BCUT2D eigenvalue weighted by Gasteiger charge is -2.31. The Morgan fingerprint density at radius 1 is 0.823 bits per heavy atom. The number of anilines is 6. The molecule has 1 aromatic carbocycles. The van der Waals surface area contributed by atoms with E-state index in [0.717, 1.165) is 28.2 Å². The summed E-state index contributed by atoms with van der Waals surface area (Å²) in [4.78, 5) is 67.2. The van der Waals surface area contributed by atoms with Crippen molar-refractivity contribution in [2.45, 2.75) is 50.6 Å². The molecule has 0 atom stereocenters. The van der Waals surface area contributed by atoms with Gasteiger partial charge in [-0.1, -0.05) is 11.6 Å². The van der Waals surface area contributed by atoms with Gasteiger partial charge in [0.05, 0.1) is 18.1 Å². The van der Waals surface area contributed by atoms with Gasteiger partial charge in [-0.05, 0) is 77.3 Å². The van der Waals surface area contributed by atoms with Crippen molar-refractivity contribution >= 4 is 76.0 Å². The topological polar surface area (TPSA) is 289 Å². The smallest absolute Gasteiger partial charge is 0.475 e. The predicted molar refractivity (Wildman–Crippen MR) is 193 cm³/mol. The van der Waals surface area contributed by atoms with Gasteiger partial charge in [0.2, 0.25) is 23.4 Å². The second kappa shape index (κ2) is 21.0. The Bertz CT molecular complexity index is 2180. The van der Waals surface area contributed by atoms with Crippen LogP contribution in [0.4, 0.5) is 74.2 Å². The zero-order valence-corrected chi connectivity index (χ0v) is 31.7. The number of aryl methyl sites for hydroxylation is 2. The predicted octanol–water partition coefficient (Wildman–Crippen LogP) is 5.86. The van der Waals surface area contributed by atoms with Crippen LogP contribution in [0, 0.1) is 5.92 Å². The van der Waals surface area contributed by atoms with Crippen molar-refractivity contribution in [3.8, 4) is 0 Å². The number of piperidine rings is 1. The van der Waals surface area contributed by atoms with E-state index in [2.05, 4.69) is 45.8 Å². The summed E-state index contributed by atoms with van der Waals surface area (Å²) in [6.45, 7) is 1.01. The van der Waals surface area contributed by atoms with Crippen molar-refractivity contribution in [3.05, 3.63) is 64.7 Å². The van der Waals surface area contributed by atoms with Crippen molar-refractivity contribution in [1.82, 2.24) is 30.2 Å². The van der Waals surface area contributed by atoms with Gasteiger partial charge in [-0.25, -0.2) is 24.0 Å². The lowest BCUT2D eigenvalue weighted by atomic mass is 9.93. The first-order valence-electron chi connectivity index (χ1n) is 17.0. The molecule has 1 fully saturated rings. The van der Waals surface area contributed by atoms with Gasteiger partial charge in [0.15, 0.2) is 5.82 Å². The van der Waals surface area contributed by atoms with Gasteiger partial charge in [0.25, 0.3) is 5.91 Å². The van der Waals surface area contributed by atoms with Gasteiger partial charge < -0.3 is 41.9 Å². The maximum absolute atomic E-state index is 13.1. The third-order valence-corrected chi connectivity index (χ3v) is 8.22. The average Bonchev–Trinajstić information content (AvgIpc) is 3.61. The lowest BCUT2D eigenvalue weighted by Crippen LogP contribution is -2.39. The van der Waals surface area contributed by atoms with Gasteiger partial charge in [-0.15, -0.1) is 0 Å². The molecular weight excluding hydrogens is 887 g/mol. The molecule has 4 aromatic rings. The van der Waals surface area contributed by atoms with Crippen LogP contribution in [0.1, 0.15) is 40.9 Å². The second-order valence-corrected chi connectivity index (χ2v) is 12.9. The number of aliphatic carboxylic acids is 3. The maximum atomic E-state index is 13.1. The number of nitrogens with one attached hydrogen (secondary N) is 3. The summed E-state index contributed by atoms with van der Waals surface area (Å²) in [5.74, 6) is -7.67. The molecular formula is C33H30ClF9N10O9. The summed E-state index contributed by atoms with van der Waals surface area (Å²) in [5.41, 5.74) is 9.97. The summed E-state index contributed by atoms with van der Waals surface area (Å²) in [6.07, 6.45) is -7.05. The maximum Gasteiger partial charge on any atom is 0.490 e. The molecule has 62 heavy (non-hydrogen) atoms. The molecule has 3 aromatic heterocycles. The fraction of sp³-hybridized carbons (Fsp3) is 0.333. The molecule has 1 saturated heterocycles. The number of nitrogens with two attached hydrogens (primary N) is 1. The third-order valence-electron chi connectivity index (χ3n) is 7.94. The highest BCUT2D eigenvalue weighted by Crippen LogP contribution is 2.30. The van der Waals surface area contributed by atoms with E-state index in [0.29, 0.717) is 62.0 Å². The number of amides is 2. The van der Waals surface area contributed by atoms with Crippen molar-refractivity contribution in [1.29, 1.82) is 0 Å². The fourth-order valence-electron chi connectivity index (χ4n) is 5.05. The average molecular weight is 917 g/mol. The summed E-state index contributed by atoms with van der Waals surface area (Å²) in [7, 11) is 0. The van der Waals surface area contributed by atoms with Gasteiger partial charge in [-0.2, -0.15) is 44.5 Å². The number of hydrogen-bond donors (Lipinski definition) is 7. The number of carbonyl (C=O) groups excluding carboxylic acids is 2. The largest absolute Gasteiger partial charge is 0.490 e. The number of nitrogen functional groups attached to an aromatic ring is 1. The summed E-state index contributed by atoms with van der Waals surface area (Å²) < 4.78 is 99.8. The molecule has 5 heterocycles. The molecule has 0 unspecified atom stereocenters. The molecule has 2 aliphatic rings. The van der Waals surface area contributed by atoms with E-state index < -0.39 is 36.4 Å². The number of halogens is 10. The van der Waals surface area contributed by atoms with Crippen LogP contribution in [0.5, 0.6) is 0 Å². The third kappa shape index (κ3) is 15.6. The Balaban J connectivity index is 0.000000403. The minimum atomic E-state index is -5.08. The number of carboxylic acids is 3. The fourth-order valence-corrected chi connectivity index (χ4v) is 5.19. The minimum Gasteiger partial charge on any atom is -0.475 e. The van der Waals surface area contributed by atoms with E-state index in [1.165, 1.54) is 6.20 Å². The van der Waals surface area contributed by atoms with Crippen LogP contribution >= 0.6 is 11.6 Å². The van der Waals surface area contributed by atoms with Gasteiger partial charge in [-0.3, -0.25) is 14.6 Å². The normalized spacial score (nSPS) is 13.7. The lowest BCUT2D eigenvalue weighted by molar-refractivity contribution is -0.193. The van der Waals surface area contributed by atoms with Crippen LogP contribution in [-0.4, -0.2) is 107 Å². The molecule has 29 heteroatoms. The van der Waals surface area contributed by atoms with Crippen molar-refractivity contribution in [3.63, 3.8) is 0 Å². The number of alkyl halides is 9. The van der Waals surface area contributed by atoms with Crippen LogP contribution in [-0.2, 0) is 32.0 Å². The molecule has 6 bridgehead atoms. The molecule has 0 spiro atoms. The van der Waals surface area contributed by atoms with E-state index >= 15 is 0 Å². The second-order valence-electron chi connectivity index (χ2n) is 12.5. The number of pyridine rings is 1. The van der Waals surface area contributed by atoms with Crippen LogP contribution in [0.3, 0.4) is 0 Å². The highest BCUT2D eigenvalue weighted by molar-refractivity contribution is 6.32. The standard InChI is InChI=1S/C27H27ClN10O3.3C2HF3O2/c28-20-14-31-27-33-19-9-16(12-30-13-19)1-2-17-11-18(32-25(20)35-27)3-4-21(17)34-22(39)10-15-5-7-38(8-6-15)26(40)23-24(29)37-41-36-23;3*3-2(4,5)1(6)7/h3-4,9,11-15H,1-2,5-8,10H2,(H2,29,37)(H,34,39)(H2,31,32,33,35);3*(H,6,7). The Kier molecular flexibility index (Phi) is 16.7. The Morgan fingerprint density at radius 2 is 1.40 bits per heavy atom. The van der Waals surface area contributed by atoms with Crippen molar-refractivity contribution in [2.24, 2.45) is 5.92 Å². The monoisotopic (exact) mass is 916 g/mol. The number of rotatable bonds is 4.